The minimum Gasteiger partial charge on any atom is -0.395 e. The van der Waals surface area contributed by atoms with E-state index in [0.717, 1.165) is 4.90 Å². The van der Waals surface area contributed by atoms with Gasteiger partial charge in [0.05, 0.1) is 24.2 Å². The summed E-state index contributed by atoms with van der Waals surface area (Å²) in [4.78, 5) is 21.3. The van der Waals surface area contributed by atoms with Crippen LogP contribution in [0.15, 0.2) is 30.6 Å². The van der Waals surface area contributed by atoms with Crippen LogP contribution in [0.5, 0.6) is 0 Å². The Morgan fingerprint density at radius 3 is 2.75 bits per heavy atom. The molecule has 1 N–H and O–H groups in total. The van der Waals surface area contributed by atoms with E-state index in [9.17, 15) is 13.6 Å². The van der Waals surface area contributed by atoms with Gasteiger partial charge in [0.25, 0.3) is 12.3 Å². The van der Waals surface area contributed by atoms with Crippen molar-refractivity contribution in [3.05, 3.63) is 36.2 Å². The fourth-order valence-corrected chi connectivity index (χ4v) is 1.90. The van der Waals surface area contributed by atoms with Gasteiger partial charge in [-0.05, 0) is 12.1 Å². The number of aliphatic hydroxyl groups is 1. The fraction of sp³-hybridized carbons (Fsp3) is 0.308. The summed E-state index contributed by atoms with van der Waals surface area (Å²) in [7, 11) is 0. The van der Waals surface area contributed by atoms with Crippen molar-refractivity contribution in [1.29, 1.82) is 0 Å². The molecule has 0 aliphatic rings. The first kappa shape index (κ1) is 14.3. The number of carbonyl (C=O) groups is 1. The highest BCUT2D eigenvalue weighted by atomic mass is 19.3. The average Bonchev–Trinajstić information content (AvgIpc) is 2.45. The quantitative estimate of drug-likeness (QED) is 0.898. The van der Waals surface area contributed by atoms with E-state index in [0.29, 0.717) is 11.0 Å². The minimum absolute atomic E-state index is 0.153. The molecule has 0 saturated heterocycles. The maximum atomic E-state index is 12.5. The molecule has 0 bridgehead atoms. The Kier molecular flexibility index (Phi) is 4.52. The summed E-state index contributed by atoms with van der Waals surface area (Å²) in [6.07, 6.45) is 0.260. The Bertz CT molecular complexity index is 602. The van der Waals surface area contributed by atoms with Crippen molar-refractivity contribution in [1.82, 2.24) is 14.9 Å². The zero-order valence-corrected chi connectivity index (χ0v) is 10.5. The Balaban J connectivity index is 2.38. The summed E-state index contributed by atoms with van der Waals surface area (Å²) in [5.74, 6) is -0.592. The third-order valence-electron chi connectivity index (χ3n) is 2.74. The normalized spacial score (nSPS) is 11.0. The predicted molar refractivity (Wildman–Crippen MR) is 68.5 cm³/mol. The number of hydrogen-bond acceptors (Lipinski definition) is 4. The molecule has 0 aliphatic heterocycles. The van der Waals surface area contributed by atoms with Gasteiger partial charge in [-0.2, -0.15) is 0 Å². The number of aliphatic hydroxyl groups excluding tert-OH is 1. The predicted octanol–water partition coefficient (Wildman–Crippen LogP) is 1.33. The van der Waals surface area contributed by atoms with Crippen LogP contribution in [0.3, 0.4) is 0 Å². The highest BCUT2D eigenvalue weighted by molar-refractivity contribution is 6.04. The van der Waals surface area contributed by atoms with Gasteiger partial charge < -0.3 is 10.0 Å². The van der Waals surface area contributed by atoms with Crippen molar-refractivity contribution in [2.45, 2.75) is 6.43 Å². The van der Waals surface area contributed by atoms with Crippen molar-refractivity contribution >= 4 is 16.9 Å². The molecule has 20 heavy (non-hydrogen) atoms. The van der Waals surface area contributed by atoms with Crippen LogP contribution in [0.2, 0.25) is 0 Å². The van der Waals surface area contributed by atoms with E-state index in [4.69, 9.17) is 5.11 Å². The van der Waals surface area contributed by atoms with E-state index < -0.39 is 18.9 Å². The Morgan fingerprint density at radius 1 is 1.30 bits per heavy atom. The highest BCUT2D eigenvalue weighted by Crippen LogP contribution is 2.16. The SMILES string of the molecule is O=C(c1cccc2nccnc12)N(CCO)CC(F)F. The second-order valence-corrected chi connectivity index (χ2v) is 4.10. The van der Waals surface area contributed by atoms with Crippen molar-refractivity contribution in [2.75, 3.05) is 19.7 Å². The lowest BCUT2D eigenvalue weighted by Crippen LogP contribution is -2.37. The summed E-state index contributed by atoms with van der Waals surface area (Å²) < 4.78 is 25.0. The second-order valence-electron chi connectivity index (χ2n) is 4.10. The van der Waals surface area contributed by atoms with Gasteiger partial charge in [-0.1, -0.05) is 6.07 Å². The van der Waals surface area contributed by atoms with Crippen molar-refractivity contribution in [3.8, 4) is 0 Å². The number of carbonyl (C=O) groups excluding carboxylic acids is 1. The van der Waals surface area contributed by atoms with Crippen LogP contribution >= 0.6 is 0 Å². The van der Waals surface area contributed by atoms with E-state index >= 15 is 0 Å². The van der Waals surface area contributed by atoms with Crippen LogP contribution in [0, 0.1) is 0 Å². The smallest absolute Gasteiger partial charge is 0.256 e. The number of para-hydroxylation sites is 1. The topological polar surface area (TPSA) is 66.3 Å². The number of benzene rings is 1. The molecular formula is C13H13F2N3O2. The van der Waals surface area contributed by atoms with Gasteiger partial charge in [0.1, 0.15) is 5.52 Å². The zero-order valence-electron chi connectivity index (χ0n) is 10.5. The van der Waals surface area contributed by atoms with Gasteiger partial charge in [-0.3, -0.25) is 14.8 Å². The van der Waals surface area contributed by atoms with Crippen molar-refractivity contribution < 1.29 is 18.7 Å². The number of aromatic nitrogens is 2. The third-order valence-corrected chi connectivity index (χ3v) is 2.74. The van der Waals surface area contributed by atoms with Crippen LogP contribution in [0.25, 0.3) is 11.0 Å². The third kappa shape index (κ3) is 3.05. The first-order valence-electron chi connectivity index (χ1n) is 6.01. The summed E-state index contributed by atoms with van der Waals surface area (Å²) >= 11 is 0. The van der Waals surface area contributed by atoms with Crippen LogP contribution in [-0.4, -0.2) is 52.0 Å². The summed E-state index contributed by atoms with van der Waals surface area (Å²) in [5, 5.41) is 8.89. The van der Waals surface area contributed by atoms with Crippen molar-refractivity contribution in [2.24, 2.45) is 0 Å². The number of nitrogens with zero attached hydrogens (tertiary/aromatic N) is 3. The standard InChI is InChI=1S/C13H13F2N3O2/c14-11(15)8-18(6-7-19)13(20)9-2-1-3-10-12(9)17-5-4-16-10/h1-5,11,19H,6-8H2. The molecule has 0 fully saturated rings. The molecule has 2 aromatic rings. The molecule has 5 nitrogen and oxygen atoms in total. The number of amides is 1. The molecule has 1 aromatic heterocycles. The van der Waals surface area contributed by atoms with E-state index in [2.05, 4.69) is 9.97 Å². The molecule has 0 radical (unpaired) electrons. The largest absolute Gasteiger partial charge is 0.395 e. The molecule has 1 aromatic carbocycles. The van der Waals surface area contributed by atoms with Gasteiger partial charge in [-0.15, -0.1) is 0 Å². The van der Waals surface area contributed by atoms with Crippen LogP contribution < -0.4 is 0 Å². The second kappa shape index (κ2) is 6.33. The van der Waals surface area contributed by atoms with Gasteiger partial charge in [0.15, 0.2) is 0 Å². The molecule has 7 heteroatoms. The molecule has 2 rings (SSSR count). The van der Waals surface area contributed by atoms with Gasteiger partial charge in [0.2, 0.25) is 0 Å². The number of alkyl halides is 2. The first-order chi connectivity index (χ1) is 9.63. The van der Waals surface area contributed by atoms with Crippen LogP contribution in [0.4, 0.5) is 8.78 Å². The van der Waals surface area contributed by atoms with E-state index in [1.165, 1.54) is 18.5 Å². The van der Waals surface area contributed by atoms with E-state index in [1.807, 2.05) is 0 Å². The van der Waals surface area contributed by atoms with Crippen LogP contribution in [0.1, 0.15) is 10.4 Å². The Morgan fingerprint density at radius 2 is 2.05 bits per heavy atom. The Hall–Kier alpha value is -2.15. The molecule has 0 saturated carbocycles. The lowest BCUT2D eigenvalue weighted by molar-refractivity contribution is 0.0510. The molecule has 0 spiro atoms. The number of halogens is 2. The lowest BCUT2D eigenvalue weighted by Gasteiger charge is -2.21. The zero-order chi connectivity index (χ0) is 14.5. The monoisotopic (exact) mass is 281 g/mol. The number of fused-ring (bicyclic) bond motifs is 1. The fourth-order valence-electron chi connectivity index (χ4n) is 1.90. The molecule has 0 unspecified atom stereocenters. The molecule has 0 aliphatic carbocycles. The van der Waals surface area contributed by atoms with Gasteiger partial charge in [-0.25, -0.2) is 8.78 Å². The average molecular weight is 281 g/mol. The number of hydrogen-bond donors (Lipinski definition) is 1. The molecule has 0 atom stereocenters. The summed E-state index contributed by atoms with van der Waals surface area (Å²) in [5.41, 5.74) is 1.07. The number of rotatable bonds is 5. The maximum absolute atomic E-state index is 12.5. The van der Waals surface area contributed by atoms with E-state index in [1.54, 1.807) is 12.1 Å². The van der Waals surface area contributed by atoms with Crippen molar-refractivity contribution in [3.63, 3.8) is 0 Å². The lowest BCUT2D eigenvalue weighted by atomic mass is 10.1. The van der Waals surface area contributed by atoms with Crippen LogP contribution in [-0.2, 0) is 0 Å². The van der Waals surface area contributed by atoms with E-state index in [-0.39, 0.29) is 18.7 Å². The Labute approximate surface area is 113 Å². The van der Waals surface area contributed by atoms with Gasteiger partial charge in [0, 0.05) is 18.9 Å². The molecular weight excluding hydrogens is 268 g/mol. The summed E-state index contributed by atoms with van der Waals surface area (Å²) in [6, 6.07) is 4.81. The summed E-state index contributed by atoms with van der Waals surface area (Å²) in [6.45, 7) is -1.26. The highest BCUT2D eigenvalue weighted by Gasteiger charge is 2.21. The molecule has 1 heterocycles. The first-order valence-corrected chi connectivity index (χ1v) is 6.01. The minimum atomic E-state index is -2.66. The molecule has 1 amide bonds. The van der Waals surface area contributed by atoms with Gasteiger partial charge >= 0.3 is 0 Å². The maximum Gasteiger partial charge on any atom is 0.256 e. The molecule has 106 valence electrons.